The molecule has 0 radical (unpaired) electrons. The molecule has 1 N–H and O–H groups in total. The van der Waals surface area contributed by atoms with E-state index in [1.165, 1.54) is 16.7 Å². The zero-order valence-corrected chi connectivity index (χ0v) is 19.4. The largest absolute Gasteiger partial charge is 0.493 e. The first-order valence-electron chi connectivity index (χ1n) is 11.2. The van der Waals surface area contributed by atoms with Gasteiger partial charge in [0.25, 0.3) is 0 Å². The molecule has 0 fully saturated rings. The third-order valence-corrected chi connectivity index (χ3v) is 6.39. The molecule has 4 rings (SSSR count). The van der Waals surface area contributed by atoms with Crippen LogP contribution in [0.25, 0.3) is 11.0 Å². The summed E-state index contributed by atoms with van der Waals surface area (Å²) in [4.78, 5) is 4.14. The summed E-state index contributed by atoms with van der Waals surface area (Å²) in [6.45, 7) is 4.54. The molecule has 2 heterocycles. The number of thioether (sulfide) groups is 1. The molecule has 0 unspecified atom stereocenters. The van der Waals surface area contributed by atoms with Gasteiger partial charge in [0.15, 0.2) is 0 Å². The Morgan fingerprint density at radius 2 is 1.88 bits per heavy atom. The molecule has 32 heavy (non-hydrogen) atoms. The summed E-state index contributed by atoms with van der Waals surface area (Å²) >= 11 is 1.91. The highest BCUT2D eigenvalue weighted by Crippen LogP contribution is 2.34. The predicted octanol–water partition coefficient (Wildman–Crippen LogP) is 6.17. The van der Waals surface area contributed by atoms with Crippen LogP contribution in [0.3, 0.4) is 0 Å². The molecule has 0 amide bonds. The standard InChI is InChI=1S/C27H30N2O2S/c1-21-26(20-32-17-13-22-8-3-2-4-9-22)31-25-12-5-11-24(27(21)25)30-16-7-15-29-19-23-10-6-14-28-18-23/h2-6,8-12,14,18,29H,7,13,15-17,19-20H2,1H3. The summed E-state index contributed by atoms with van der Waals surface area (Å²) in [7, 11) is 0. The highest BCUT2D eigenvalue weighted by atomic mass is 32.2. The number of ether oxygens (including phenoxy) is 1. The van der Waals surface area contributed by atoms with Gasteiger partial charge in [-0.05, 0) is 61.4 Å². The van der Waals surface area contributed by atoms with E-state index in [2.05, 4.69) is 53.6 Å². The van der Waals surface area contributed by atoms with Crippen molar-refractivity contribution in [1.29, 1.82) is 0 Å². The third kappa shape index (κ3) is 6.15. The van der Waals surface area contributed by atoms with E-state index in [0.717, 1.165) is 59.9 Å². The van der Waals surface area contributed by atoms with Crippen molar-refractivity contribution in [2.75, 3.05) is 18.9 Å². The molecule has 2 aromatic carbocycles. The lowest BCUT2D eigenvalue weighted by atomic mass is 10.1. The second-order valence-electron chi connectivity index (χ2n) is 7.81. The van der Waals surface area contributed by atoms with Gasteiger partial charge in [0.05, 0.1) is 17.7 Å². The molecule has 0 saturated heterocycles. The molecule has 0 aliphatic rings. The zero-order chi connectivity index (χ0) is 22.0. The van der Waals surface area contributed by atoms with Crippen molar-refractivity contribution in [2.24, 2.45) is 0 Å². The molecule has 0 aliphatic heterocycles. The molecule has 0 bridgehead atoms. The second kappa shape index (κ2) is 11.7. The van der Waals surface area contributed by atoms with Crippen molar-refractivity contribution in [2.45, 2.75) is 32.1 Å². The number of benzene rings is 2. The Bertz CT molecular complexity index is 1100. The monoisotopic (exact) mass is 446 g/mol. The summed E-state index contributed by atoms with van der Waals surface area (Å²) in [6, 6.07) is 20.8. The number of pyridine rings is 1. The first kappa shape index (κ1) is 22.4. The molecular weight excluding hydrogens is 416 g/mol. The minimum absolute atomic E-state index is 0.672. The van der Waals surface area contributed by atoms with E-state index >= 15 is 0 Å². The molecule has 4 aromatic rings. The van der Waals surface area contributed by atoms with E-state index in [1.807, 2.05) is 42.2 Å². The van der Waals surface area contributed by atoms with Crippen molar-refractivity contribution in [3.05, 3.63) is 95.5 Å². The normalized spacial score (nSPS) is 11.2. The van der Waals surface area contributed by atoms with E-state index in [9.17, 15) is 0 Å². The van der Waals surface area contributed by atoms with Crippen LogP contribution in [0.4, 0.5) is 0 Å². The van der Waals surface area contributed by atoms with Crippen molar-refractivity contribution < 1.29 is 9.15 Å². The lowest BCUT2D eigenvalue weighted by molar-refractivity contribution is 0.311. The number of aryl methyl sites for hydroxylation is 2. The van der Waals surface area contributed by atoms with E-state index < -0.39 is 0 Å². The number of fused-ring (bicyclic) bond motifs is 1. The Kier molecular flexibility index (Phi) is 8.23. The Balaban J connectivity index is 1.25. The number of hydrogen-bond donors (Lipinski definition) is 1. The van der Waals surface area contributed by atoms with Gasteiger partial charge in [0.1, 0.15) is 17.1 Å². The van der Waals surface area contributed by atoms with Gasteiger partial charge in [-0.2, -0.15) is 11.8 Å². The molecule has 5 heteroatoms. The summed E-state index contributed by atoms with van der Waals surface area (Å²) in [5.74, 6) is 3.92. The van der Waals surface area contributed by atoms with Gasteiger partial charge in [-0.15, -0.1) is 0 Å². The van der Waals surface area contributed by atoms with Crippen LogP contribution >= 0.6 is 11.8 Å². The number of nitrogens with zero attached hydrogens (tertiary/aromatic N) is 1. The predicted molar refractivity (Wildman–Crippen MR) is 133 cm³/mol. The van der Waals surface area contributed by atoms with Gasteiger partial charge in [-0.1, -0.05) is 42.5 Å². The Labute approximate surface area is 194 Å². The summed E-state index contributed by atoms with van der Waals surface area (Å²) < 4.78 is 12.3. The SMILES string of the molecule is Cc1c(CSCCc2ccccc2)oc2cccc(OCCCNCc3cccnc3)c12. The fourth-order valence-corrected chi connectivity index (χ4v) is 4.67. The Morgan fingerprint density at radius 1 is 1.00 bits per heavy atom. The Hall–Kier alpha value is -2.76. The van der Waals surface area contributed by atoms with Crippen LogP contribution in [0.1, 0.15) is 28.9 Å². The van der Waals surface area contributed by atoms with Gasteiger partial charge in [-0.25, -0.2) is 0 Å². The second-order valence-corrected chi connectivity index (χ2v) is 8.91. The molecule has 166 valence electrons. The van der Waals surface area contributed by atoms with Crippen molar-refractivity contribution in [1.82, 2.24) is 10.3 Å². The van der Waals surface area contributed by atoms with Crippen LogP contribution in [-0.4, -0.2) is 23.9 Å². The maximum Gasteiger partial charge on any atom is 0.138 e. The van der Waals surface area contributed by atoms with E-state index in [-0.39, 0.29) is 0 Å². The lowest BCUT2D eigenvalue weighted by Crippen LogP contribution is -2.17. The minimum atomic E-state index is 0.672. The van der Waals surface area contributed by atoms with Gasteiger partial charge in [-0.3, -0.25) is 4.98 Å². The maximum absolute atomic E-state index is 6.17. The van der Waals surface area contributed by atoms with Crippen LogP contribution in [0.2, 0.25) is 0 Å². The average Bonchev–Trinajstić information content (AvgIpc) is 3.16. The summed E-state index contributed by atoms with van der Waals surface area (Å²) in [6.07, 6.45) is 5.71. The van der Waals surface area contributed by atoms with Crippen molar-refractivity contribution in [3.63, 3.8) is 0 Å². The summed E-state index contributed by atoms with van der Waals surface area (Å²) in [5, 5.41) is 4.55. The molecule has 0 spiro atoms. The number of aromatic nitrogens is 1. The van der Waals surface area contributed by atoms with Crippen molar-refractivity contribution >= 4 is 22.7 Å². The molecule has 0 atom stereocenters. The molecular formula is C27H30N2O2S. The van der Waals surface area contributed by atoms with Crippen LogP contribution < -0.4 is 10.1 Å². The number of furan rings is 1. The number of nitrogens with one attached hydrogen (secondary N) is 1. The fourth-order valence-electron chi connectivity index (χ4n) is 3.69. The van der Waals surface area contributed by atoms with Crippen LogP contribution in [-0.2, 0) is 18.7 Å². The Morgan fingerprint density at radius 3 is 2.72 bits per heavy atom. The van der Waals surface area contributed by atoms with E-state index in [1.54, 1.807) is 6.20 Å². The average molecular weight is 447 g/mol. The minimum Gasteiger partial charge on any atom is -0.493 e. The van der Waals surface area contributed by atoms with Crippen LogP contribution in [0.15, 0.2) is 77.5 Å². The first-order chi connectivity index (χ1) is 15.8. The number of hydrogen-bond acceptors (Lipinski definition) is 5. The van der Waals surface area contributed by atoms with Crippen molar-refractivity contribution in [3.8, 4) is 5.75 Å². The van der Waals surface area contributed by atoms with Crippen LogP contribution in [0.5, 0.6) is 5.75 Å². The highest BCUT2D eigenvalue weighted by molar-refractivity contribution is 7.98. The molecule has 2 aromatic heterocycles. The molecule has 0 saturated carbocycles. The number of rotatable bonds is 12. The molecule has 0 aliphatic carbocycles. The smallest absolute Gasteiger partial charge is 0.138 e. The van der Waals surface area contributed by atoms with Gasteiger partial charge in [0.2, 0.25) is 0 Å². The first-order valence-corrected chi connectivity index (χ1v) is 12.3. The van der Waals surface area contributed by atoms with Gasteiger partial charge < -0.3 is 14.5 Å². The van der Waals surface area contributed by atoms with Crippen LogP contribution in [0, 0.1) is 6.92 Å². The zero-order valence-electron chi connectivity index (χ0n) is 18.5. The van der Waals surface area contributed by atoms with Gasteiger partial charge >= 0.3 is 0 Å². The maximum atomic E-state index is 6.17. The lowest BCUT2D eigenvalue weighted by Gasteiger charge is -2.08. The fraction of sp³-hybridized carbons (Fsp3) is 0.296. The topological polar surface area (TPSA) is 47.3 Å². The highest BCUT2D eigenvalue weighted by Gasteiger charge is 2.14. The quantitative estimate of drug-likeness (QED) is 0.264. The third-order valence-electron chi connectivity index (χ3n) is 5.43. The summed E-state index contributed by atoms with van der Waals surface area (Å²) in [5.41, 5.74) is 4.68. The van der Waals surface area contributed by atoms with E-state index in [4.69, 9.17) is 9.15 Å². The van der Waals surface area contributed by atoms with Gasteiger partial charge in [0, 0.05) is 24.5 Å². The van der Waals surface area contributed by atoms with E-state index in [0.29, 0.717) is 6.61 Å². The molecule has 4 nitrogen and oxygen atoms in total.